The minimum absolute atomic E-state index is 0.180. The molecule has 0 bridgehead atoms. The lowest BCUT2D eigenvalue weighted by molar-refractivity contribution is 0.380. The van der Waals surface area contributed by atoms with Gasteiger partial charge in [-0.2, -0.15) is 11.8 Å². The summed E-state index contributed by atoms with van der Waals surface area (Å²) in [6, 6.07) is 0. The molecular formula is C11H18N4O2S. The molecule has 1 saturated carbocycles. The van der Waals surface area contributed by atoms with Crippen molar-refractivity contribution in [2.75, 3.05) is 23.9 Å². The van der Waals surface area contributed by atoms with Gasteiger partial charge in [-0.05, 0) is 19.1 Å². The number of aromatic nitrogens is 2. The first-order valence-electron chi connectivity index (χ1n) is 5.87. The Bertz CT molecular complexity index is 554. The summed E-state index contributed by atoms with van der Waals surface area (Å²) in [7, 11) is 1.53. The molecule has 0 aromatic carbocycles. The minimum atomic E-state index is -0.494. The third-order valence-electron chi connectivity index (χ3n) is 3.65. The molecule has 2 rings (SSSR count). The molecule has 1 fully saturated rings. The second kappa shape index (κ2) is 4.72. The lowest BCUT2D eigenvalue weighted by atomic mass is 9.84. The van der Waals surface area contributed by atoms with Gasteiger partial charge in [0.25, 0.3) is 5.56 Å². The van der Waals surface area contributed by atoms with E-state index in [1.807, 2.05) is 11.8 Å². The third kappa shape index (κ3) is 2.14. The summed E-state index contributed by atoms with van der Waals surface area (Å²) in [4.78, 5) is 25.3. The number of rotatable bonds is 4. The van der Waals surface area contributed by atoms with Gasteiger partial charge < -0.3 is 11.1 Å². The van der Waals surface area contributed by atoms with Gasteiger partial charge in [-0.3, -0.25) is 14.3 Å². The molecule has 0 aliphatic heterocycles. The molecule has 6 nitrogen and oxygen atoms in total. The first-order chi connectivity index (χ1) is 8.49. The van der Waals surface area contributed by atoms with Crippen molar-refractivity contribution in [1.29, 1.82) is 0 Å². The van der Waals surface area contributed by atoms with Crippen LogP contribution in [0.4, 0.5) is 11.5 Å². The van der Waals surface area contributed by atoms with Crippen molar-refractivity contribution in [2.45, 2.75) is 24.0 Å². The summed E-state index contributed by atoms with van der Waals surface area (Å²) < 4.78 is 1.43. The van der Waals surface area contributed by atoms with E-state index in [1.54, 1.807) is 0 Å². The van der Waals surface area contributed by atoms with Crippen LogP contribution in [0.1, 0.15) is 19.3 Å². The van der Waals surface area contributed by atoms with Gasteiger partial charge in [0, 0.05) is 18.3 Å². The number of hydrogen-bond acceptors (Lipinski definition) is 5. The van der Waals surface area contributed by atoms with Gasteiger partial charge in [0.1, 0.15) is 11.5 Å². The average molecular weight is 270 g/mol. The third-order valence-corrected chi connectivity index (χ3v) is 5.07. The zero-order valence-corrected chi connectivity index (χ0v) is 11.4. The van der Waals surface area contributed by atoms with Crippen molar-refractivity contribution in [3.05, 3.63) is 20.8 Å². The van der Waals surface area contributed by atoms with Crippen molar-refractivity contribution in [3.63, 3.8) is 0 Å². The average Bonchev–Trinajstić information content (AvgIpc) is 2.29. The molecule has 0 atom stereocenters. The van der Waals surface area contributed by atoms with Crippen LogP contribution in [0.15, 0.2) is 9.59 Å². The van der Waals surface area contributed by atoms with Crippen molar-refractivity contribution in [1.82, 2.24) is 9.55 Å². The Hall–Kier alpha value is -1.37. The zero-order chi connectivity index (χ0) is 13.3. The van der Waals surface area contributed by atoms with E-state index in [0.717, 1.165) is 12.8 Å². The Morgan fingerprint density at radius 3 is 2.67 bits per heavy atom. The number of anilines is 2. The smallest absolute Gasteiger partial charge is 0.329 e. The minimum Gasteiger partial charge on any atom is -0.383 e. The maximum absolute atomic E-state index is 11.7. The second-order valence-corrected chi connectivity index (χ2v) is 5.95. The maximum atomic E-state index is 11.7. The summed E-state index contributed by atoms with van der Waals surface area (Å²) in [5, 5.41) is 3.09. The van der Waals surface area contributed by atoms with Gasteiger partial charge in [0.05, 0.1) is 0 Å². The highest BCUT2D eigenvalue weighted by Crippen LogP contribution is 2.42. The molecule has 0 spiro atoms. The first-order valence-corrected chi connectivity index (χ1v) is 7.09. The van der Waals surface area contributed by atoms with E-state index in [-0.39, 0.29) is 16.3 Å². The number of nitrogens with one attached hydrogen (secondary N) is 2. The van der Waals surface area contributed by atoms with Gasteiger partial charge in [-0.25, -0.2) is 4.79 Å². The largest absolute Gasteiger partial charge is 0.383 e. The van der Waals surface area contributed by atoms with E-state index in [2.05, 4.69) is 16.6 Å². The molecule has 1 aromatic heterocycles. The second-order valence-electron chi connectivity index (χ2n) is 4.67. The summed E-state index contributed by atoms with van der Waals surface area (Å²) in [6.45, 7) is 0.694. The highest BCUT2D eigenvalue weighted by Gasteiger charge is 2.36. The maximum Gasteiger partial charge on any atom is 0.329 e. The molecule has 0 amide bonds. The predicted octanol–water partition coefficient (Wildman–Crippen LogP) is 0.353. The molecule has 1 aliphatic rings. The summed E-state index contributed by atoms with van der Waals surface area (Å²) >= 11 is 1.81. The number of aromatic amines is 1. The van der Waals surface area contributed by atoms with Gasteiger partial charge in [-0.1, -0.05) is 6.42 Å². The van der Waals surface area contributed by atoms with Gasteiger partial charge >= 0.3 is 5.69 Å². The number of H-pyrrole nitrogens is 1. The predicted molar refractivity (Wildman–Crippen MR) is 75.3 cm³/mol. The van der Waals surface area contributed by atoms with Crippen LogP contribution in [0.3, 0.4) is 0 Å². The number of nitrogen functional groups attached to an aromatic ring is 1. The molecule has 0 radical (unpaired) electrons. The molecular weight excluding hydrogens is 252 g/mol. The Labute approximate surface area is 109 Å². The van der Waals surface area contributed by atoms with E-state index >= 15 is 0 Å². The Morgan fingerprint density at radius 2 is 2.17 bits per heavy atom. The SMILES string of the molecule is CSC1(CNc2c(N)n(C)c(=O)[nH]c2=O)CCC1. The summed E-state index contributed by atoms with van der Waals surface area (Å²) in [6.07, 6.45) is 5.59. The fourth-order valence-corrected chi connectivity index (χ4v) is 2.99. The van der Waals surface area contributed by atoms with Crippen LogP contribution in [-0.4, -0.2) is 27.1 Å². The molecule has 1 aromatic rings. The highest BCUT2D eigenvalue weighted by molar-refractivity contribution is 8.00. The molecule has 4 N–H and O–H groups in total. The monoisotopic (exact) mass is 270 g/mol. The van der Waals surface area contributed by atoms with Crippen molar-refractivity contribution in [3.8, 4) is 0 Å². The normalized spacial score (nSPS) is 17.2. The first kappa shape index (κ1) is 13.1. The lowest BCUT2D eigenvalue weighted by Crippen LogP contribution is -2.42. The fourth-order valence-electron chi connectivity index (χ4n) is 2.08. The van der Waals surface area contributed by atoms with Crippen LogP contribution < -0.4 is 22.3 Å². The molecule has 1 heterocycles. The molecule has 7 heteroatoms. The number of hydrogen-bond donors (Lipinski definition) is 3. The molecule has 0 saturated heterocycles. The van der Waals surface area contributed by atoms with Crippen LogP contribution >= 0.6 is 11.8 Å². The van der Waals surface area contributed by atoms with Crippen LogP contribution in [0, 0.1) is 0 Å². The van der Waals surface area contributed by atoms with E-state index in [4.69, 9.17) is 5.73 Å². The standard InChI is InChI=1S/C11H18N4O2S/c1-15-8(12)7(9(16)14-10(15)17)13-6-11(18-2)4-3-5-11/h13H,3-6,12H2,1-2H3,(H,14,16,17). The zero-order valence-electron chi connectivity index (χ0n) is 10.6. The topological polar surface area (TPSA) is 92.9 Å². The van der Waals surface area contributed by atoms with Crippen molar-refractivity contribution < 1.29 is 0 Å². The van der Waals surface area contributed by atoms with E-state index < -0.39 is 11.2 Å². The van der Waals surface area contributed by atoms with Crippen LogP contribution in [0.25, 0.3) is 0 Å². The Kier molecular flexibility index (Phi) is 3.43. The quantitative estimate of drug-likeness (QED) is 0.734. The fraction of sp³-hybridized carbons (Fsp3) is 0.636. The van der Waals surface area contributed by atoms with E-state index in [9.17, 15) is 9.59 Å². The Morgan fingerprint density at radius 1 is 1.50 bits per heavy atom. The van der Waals surface area contributed by atoms with Crippen LogP contribution in [0.5, 0.6) is 0 Å². The van der Waals surface area contributed by atoms with Crippen LogP contribution in [0.2, 0.25) is 0 Å². The number of nitrogens with zero attached hydrogens (tertiary/aromatic N) is 1. The van der Waals surface area contributed by atoms with Gasteiger partial charge in [-0.15, -0.1) is 0 Å². The van der Waals surface area contributed by atoms with E-state index in [1.165, 1.54) is 18.0 Å². The Balaban J connectivity index is 2.22. The van der Waals surface area contributed by atoms with Gasteiger partial charge in [0.2, 0.25) is 0 Å². The summed E-state index contributed by atoms with van der Waals surface area (Å²) in [5.74, 6) is 0.180. The van der Waals surface area contributed by atoms with Crippen LogP contribution in [-0.2, 0) is 7.05 Å². The molecule has 18 heavy (non-hydrogen) atoms. The van der Waals surface area contributed by atoms with E-state index in [0.29, 0.717) is 6.54 Å². The highest BCUT2D eigenvalue weighted by atomic mass is 32.2. The van der Waals surface area contributed by atoms with Crippen molar-refractivity contribution >= 4 is 23.3 Å². The molecule has 100 valence electrons. The van der Waals surface area contributed by atoms with Crippen molar-refractivity contribution in [2.24, 2.45) is 7.05 Å². The lowest BCUT2D eigenvalue weighted by Gasteiger charge is -2.40. The molecule has 0 unspecified atom stereocenters. The number of thioether (sulfide) groups is 1. The molecule has 1 aliphatic carbocycles. The number of nitrogens with two attached hydrogens (primary N) is 1. The summed E-state index contributed by atoms with van der Waals surface area (Å²) in [5.41, 5.74) is 5.13. The van der Waals surface area contributed by atoms with Gasteiger partial charge in [0.15, 0.2) is 0 Å².